The summed E-state index contributed by atoms with van der Waals surface area (Å²) in [5, 5.41) is 19.6. The lowest BCUT2D eigenvalue weighted by Gasteiger charge is -2.20. The molecule has 0 radical (unpaired) electrons. The molecule has 0 aliphatic carbocycles. The van der Waals surface area contributed by atoms with Crippen LogP contribution in [0.2, 0.25) is 0 Å². The summed E-state index contributed by atoms with van der Waals surface area (Å²) in [5.41, 5.74) is 0.383. The Morgan fingerprint density at radius 2 is 2.11 bits per heavy atom. The highest BCUT2D eigenvalue weighted by Gasteiger charge is 2.18. The van der Waals surface area contributed by atoms with Gasteiger partial charge >= 0.3 is 0 Å². The third kappa shape index (κ3) is 4.33. The minimum Gasteiger partial charge on any atom is -0.396 e. The van der Waals surface area contributed by atoms with Crippen LogP contribution >= 0.6 is 0 Å². The van der Waals surface area contributed by atoms with E-state index in [-0.39, 0.29) is 24.6 Å². The molecule has 1 amide bonds. The molecule has 0 bridgehead atoms. The molecule has 0 fully saturated rings. The van der Waals surface area contributed by atoms with Crippen molar-refractivity contribution in [2.24, 2.45) is 0 Å². The van der Waals surface area contributed by atoms with E-state index < -0.39 is 4.92 Å². The second-order valence-electron chi connectivity index (χ2n) is 4.11. The number of aliphatic hydroxyl groups is 1. The third-order valence-corrected chi connectivity index (χ3v) is 2.85. The fourth-order valence-electron chi connectivity index (χ4n) is 1.83. The highest BCUT2D eigenvalue weighted by Crippen LogP contribution is 2.18. The summed E-state index contributed by atoms with van der Waals surface area (Å²) in [6.07, 6.45) is 0.521. The van der Waals surface area contributed by atoms with Crippen molar-refractivity contribution in [2.75, 3.05) is 19.7 Å². The molecule has 1 rings (SSSR count). The Morgan fingerprint density at radius 3 is 2.68 bits per heavy atom. The number of carbonyl (C=O) groups excluding carboxylic acids is 1. The molecule has 0 saturated heterocycles. The predicted molar refractivity (Wildman–Crippen MR) is 70.8 cm³/mol. The molecule has 1 aromatic carbocycles. The molecule has 6 heteroatoms. The number of carbonyl (C=O) groups is 1. The molecule has 6 nitrogen and oxygen atoms in total. The lowest BCUT2D eigenvalue weighted by atomic mass is 10.1. The summed E-state index contributed by atoms with van der Waals surface area (Å²) in [6.45, 7) is 2.86. The maximum atomic E-state index is 12.0. The third-order valence-electron chi connectivity index (χ3n) is 2.85. The number of hydrogen-bond donors (Lipinski definition) is 1. The molecule has 0 heterocycles. The lowest BCUT2D eigenvalue weighted by Crippen LogP contribution is -2.33. The molecular weight excluding hydrogens is 248 g/mol. The number of rotatable bonds is 7. The van der Waals surface area contributed by atoms with E-state index >= 15 is 0 Å². The van der Waals surface area contributed by atoms with Gasteiger partial charge in [-0.2, -0.15) is 0 Å². The second kappa shape index (κ2) is 7.48. The van der Waals surface area contributed by atoms with Crippen molar-refractivity contribution < 1.29 is 14.8 Å². The first-order valence-corrected chi connectivity index (χ1v) is 6.21. The summed E-state index contributed by atoms with van der Waals surface area (Å²) < 4.78 is 0. The van der Waals surface area contributed by atoms with E-state index in [4.69, 9.17) is 5.11 Å². The van der Waals surface area contributed by atoms with E-state index in [1.165, 1.54) is 6.07 Å². The summed E-state index contributed by atoms with van der Waals surface area (Å²) in [7, 11) is 0. The topological polar surface area (TPSA) is 83.7 Å². The highest BCUT2D eigenvalue weighted by molar-refractivity contribution is 5.79. The van der Waals surface area contributed by atoms with Crippen molar-refractivity contribution in [3.63, 3.8) is 0 Å². The van der Waals surface area contributed by atoms with E-state index in [0.29, 0.717) is 25.1 Å². The normalized spacial score (nSPS) is 10.2. The van der Waals surface area contributed by atoms with Crippen molar-refractivity contribution in [2.45, 2.75) is 19.8 Å². The first-order chi connectivity index (χ1) is 9.10. The summed E-state index contributed by atoms with van der Waals surface area (Å²) in [4.78, 5) is 24.0. The van der Waals surface area contributed by atoms with Gasteiger partial charge in [0.15, 0.2) is 0 Å². The highest BCUT2D eigenvalue weighted by atomic mass is 16.6. The smallest absolute Gasteiger partial charge is 0.273 e. The maximum absolute atomic E-state index is 12.0. The number of nitro benzene ring substituents is 1. The SMILES string of the molecule is CCN(CCCO)C(=O)Cc1ccccc1[N+](=O)[O-]. The Bertz CT molecular complexity index is 448. The quantitative estimate of drug-likeness (QED) is 0.596. The van der Waals surface area contributed by atoms with E-state index in [1.807, 2.05) is 6.92 Å². The molecule has 0 saturated carbocycles. The summed E-state index contributed by atoms with van der Waals surface area (Å²) in [6, 6.07) is 6.25. The van der Waals surface area contributed by atoms with Crippen LogP contribution in [0.1, 0.15) is 18.9 Å². The van der Waals surface area contributed by atoms with E-state index in [0.717, 1.165) is 0 Å². The first kappa shape index (κ1) is 15.1. The van der Waals surface area contributed by atoms with Gasteiger partial charge in [0.25, 0.3) is 5.69 Å². The zero-order valence-corrected chi connectivity index (χ0v) is 10.9. The summed E-state index contributed by atoms with van der Waals surface area (Å²) >= 11 is 0. The van der Waals surface area contributed by atoms with Crippen molar-refractivity contribution in [1.29, 1.82) is 0 Å². The van der Waals surface area contributed by atoms with Gasteiger partial charge in [0, 0.05) is 31.3 Å². The molecule has 0 aromatic heterocycles. The van der Waals surface area contributed by atoms with Crippen LogP contribution in [0.5, 0.6) is 0 Å². The van der Waals surface area contributed by atoms with Crippen LogP contribution in [0.25, 0.3) is 0 Å². The fourth-order valence-corrected chi connectivity index (χ4v) is 1.83. The molecule has 0 spiro atoms. The number of hydrogen-bond acceptors (Lipinski definition) is 4. The van der Waals surface area contributed by atoms with Crippen LogP contribution in [-0.4, -0.2) is 40.5 Å². The molecular formula is C13H18N2O4. The molecule has 0 aliphatic heterocycles. The number of para-hydroxylation sites is 1. The van der Waals surface area contributed by atoms with Crippen LogP contribution in [-0.2, 0) is 11.2 Å². The average molecular weight is 266 g/mol. The van der Waals surface area contributed by atoms with Crippen LogP contribution in [0, 0.1) is 10.1 Å². The maximum Gasteiger partial charge on any atom is 0.273 e. The zero-order valence-electron chi connectivity index (χ0n) is 10.9. The standard InChI is InChI=1S/C13H18N2O4/c1-2-14(8-5-9-16)13(17)10-11-6-3-4-7-12(11)15(18)19/h3-4,6-7,16H,2,5,8-10H2,1H3. The van der Waals surface area contributed by atoms with Gasteiger partial charge in [0.1, 0.15) is 0 Å². The minimum atomic E-state index is -0.480. The van der Waals surface area contributed by atoms with Gasteiger partial charge in [0.05, 0.1) is 11.3 Å². The van der Waals surface area contributed by atoms with E-state index in [2.05, 4.69) is 0 Å². The van der Waals surface area contributed by atoms with Crippen molar-refractivity contribution in [1.82, 2.24) is 4.90 Å². The molecule has 0 unspecified atom stereocenters. The van der Waals surface area contributed by atoms with Crippen LogP contribution in [0.3, 0.4) is 0 Å². The Kier molecular flexibility index (Phi) is 5.95. The Morgan fingerprint density at radius 1 is 1.42 bits per heavy atom. The number of likely N-dealkylation sites (N-methyl/N-ethyl adjacent to an activating group) is 1. The van der Waals surface area contributed by atoms with Gasteiger partial charge in [-0.15, -0.1) is 0 Å². The van der Waals surface area contributed by atoms with Crippen molar-refractivity contribution in [3.8, 4) is 0 Å². The molecule has 1 aromatic rings. The largest absolute Gasteiger partial charge is 0.396 e. The monoisotopic (exact) mass is 266 g/mol. The molecule has 19 heavy (non-hydrogen) atoms. The Hall–Kier alpha value is -1.95. The van der Waals surface area contributed by atoms with Gasteiger partial charge in [-0.25, -0.2) is 0 Å². The average Bonchev–Trinajstić information content (AvgIpc) is 2.40. The molecule has 0 atom stereocenters. The van der Waals surface area contributed by atoms with Gasteiger partial charge in [-0.05, 0) is 13.3 Å². The number of nitrogens with zero attached hydrogens (tertiary/aromatic N) is 2. The summed E-state index contributed by atoms with van der Waals surface area (Å²) in [5.74, 6) is -0.162. The van der Waals surface area contributed by atoms with Crippen molar-refractivity contribution in [3.05, 3.63) is 39.9 Å². The van der Waals surface area contributed by atoms with Crippen molar-refractivity contribution >= 4 is 11.6 Å². The van der Waals surface area contributed by atoms with E-state index in [1.54, 1.807) is 23.1 Å². The second-order valence-corrected chi connectivity index (χ2v) is 4.11. The van der Waals surface area contributed by atoms with Gasteiger partial charge < -0.3 is 10.0 Å². The minimum absolute atomic E-state index is 0.0103. The predicted octanol–water partition coefficient (Wildman–Crippen LogP) is 1.37. The van der Waals surface area contributed by atoms with E-state index in [9.17, 15) is 14.9 Å². The molecule has 1 N–H and O–H groups in total. The number of benzene rings is 1. The van der Waals surface area contributed by atoms with Crippen LogP contribution in [0.4, 0.5) is 5.69 Å². The van der Waals surface area contributed by atoms with Crippen LogP contribution < -0.4 is 0 Å². The lowest BCUT2D eigenvalue weighted by molar-refractivity contribution is -0.385. The van der Waals surface area contributed by atoms with Crippen LogP contribution in [0.15, 0.2) is 24.3 Å². The Labute approximate surface area is 111 Å². The fraction of sp³-hybridized carbons (Fsp3) is 0.462. The Balaban J connectivity index is 2.78. The zero-order chi connectivity index (χ0) is 14.3. The first-order valence-electron chi connectivity index (χ1n) is 6.21. The molecule has 0 aliphatic rings. The van der Waals surface area contributed by atoms with Gasteiger partial charge in [-0.1, -0.05) is 18.2 Å². The number of amides is 1. The van der Waals surface area contributed by atoms with Gasteiger partial charge in [0.2, 0.25) is 5.91 Å². The number of aliphatic hydroxyl groups excluding tert-OH is 1. The van der Waals surface area contributed by atoms with Gasteiger partial charge in [-0.3, -0.25) is 14.9 Å². The number of nitro groups is 1. The molecule has 104 valence electrons.